The number of rotatable bonds is 5. The van der Waals surface area contributed by atoms with Gasteiger partial charge in [0.1, 0.15) is 0 Å². The van der Waals surface area contributed by atoms with E-state index >= 15 is 0 Å². The summed E-state index contributed by atoms with van der Waals surface area (Å²) in [7, 11) is -0.401. The molecule has 2 rings (SSSR count). The Bertz CT molecular complexity index is 784. The van der Waals surface area contributed by atoms with Gasteiger partial charge in [-0.1, -0.05) is 24.3 Å². The molecule has 0 fully saturated rings. The normalized spacial score (nSPS) is 16.9. The maximum absolute atomic E-state index is 12.6. The fourth-order valence-corrected chi connectivity index (χ4v) is 3.09. The van der Waals surface area contributed by atoms with E-state index in [1.54, 1.807) is 45.0 Å². The summed E-state index contributed by atoms with van der Waals surface area (Å²) in [6.45, 7) is 5.33. The van der Waals surface area contributed by atoms with Gasteiger partial charge in [-0.25, -0.2) is 9.59 Å². The zero-order chi connectivity index (χ0) is 19.4. The van der Waals surface area contributed by atoms with E-state index < -0.39 is 25.0 Å². The number of hydrogen-bond acceptors (Lipinski definition) is 7. The lowest BCUT2D eigenvalue weighted by Crippen LogP contribution is -2.34. The zero-order valence-electron chi connectivity index (χ0n) is 15.2. The Balaban J connectivity index is 2.68. The van der Waals surface area contributed by atoms with Gasteiger partial charge in [-0.2, -0.15) is 0 Å². The summed E-state index contributed by atoms with van der Waals surface area (Å²) in [5.41, 5.74) is 2.48. The van der Waals surface area contributed by atoms with Gasteiger partial charge in [0.2, 0.25) is 0 Å². The molecule has 1 heterocycles. The van der Waals surface area contributed by atoms with Gasteiger partial charge in [0.05, 0.1) is 30.8 Å². The number of benzene rings is 1. The van der Waals surface area contributed by atoms with Crippen molar-refractivity contribution >= 4 is 24.5 Å². The van der Waals surface area contributed by atoms with Crippen LogP contribution in [0.25, 0.3) is 0 Å². The van der Waals surface area contributed by atoms with E-state index in [4.69, 9.17) is 9.47 Å². The third kappa shape index (κ3) is 3.81. The summed E-state index contributed by atoms with van der Waals surface area (Å²) in [4.78, 5) is 25.0. The van der Waals surface area contributed by atoms with Gasteiger partial charge in [-0.05, 0) is 31.8 Å². The second-order valence-electron chi connectivity index (χ2n) is 5.89. The molecule has 3 N–H and O–H groups in total. The highest BCUT2D eigenvalue weighted by Gasteiger charge is 2.38. The largest absolute Gasteiger partial charge is 0.488 e. The van der Waals surface area contributed by atoms with E-state index in [9.17, 15) is 19.6 Å². The van der Waals surface area contributed by atoms with Gasteiger partial charge >= 0.3 is 19.1 Å². The molecule has 1 atom stereocenters. The Hall–Kier alpha value is -2.58. The molecule has 0 spiro atoms. The number of dihydropyridines is 1. The molecule has 26 heavy (non-hydrogen) atoms. The number of carbonyl (C=O) groups excluding carboxylic acids is 2. The highest BCUT2D eigenvalue weighted by molar-refractivity contribution is 6.58. The Morgan fingerprint density at radius 2 is 1.77 bits per heavy atom. The van der Waals surface area contributed by atoms with Gasteiger partial charge in [0.25, 0.3) is 0 Å². The first-order chi connectivity index (χ1) is 12.3. The quantitative estimate of drug-likeness (QED) is 0.514. The van der Waals surface area contributed by atoms with Gasteiger partial charge in [0.15, 0.2) is 0 Å². The van der Waals surface area contributed by atoms with Crippen LogP contribution in [0, 0.1) is 0 Å². The molecule has 0 aliphatic carbocycles. The van der Waals surface area contributed by atoms with Crippen LogP contribution in [0.15, 0.2) is 46.8 Å². The van der Waals surface area contributed by atoms with Gasteiger partial charge in [-0.3, -0.25) is 0 Å². The van der Waals surface area contributed by atoms with Crippen molar-refractivity contribution in [2.24, 2.45) is 0 Å². The van der Waals surface area contributed by atoms with E-state index in [1.165, 1.54) is 7.11 Å². The Labute approximate surface area is 152 Å². The molecule has 8 heteroatoms. The van der Waals surface area contributed by atoms with Crippen LogP contribution in [0.5, 0.6) is 0 Å². The van der Waals surface area contributed by atoms with E-state index in [2.05, 4.69) is 5.32 Å². The van der Waals surface area contributed by atoms with Crippen LogP contribution < -0.4 is 10.8 Å². The molecule has 138 valence electrons. The minimum atomic E-state index is -1.67. The molecule has 0 aromatic heterocycles. The fraction of sp³-hybridized carbons (Fsp3) is 0.333. The van der Waals surface area contributed by atoms with Crippen LogP contribution in [0.3, 0.4) is 0 Å². The van der Waals surface area contributed by atoms with Gasteiger partial charge < -0.3 is 24.8 Å². The first kappa shape index (κ1) is 19.7. The maximum Gasteiger partial charge on any atom is 0.488 e. The lowest BCUT2D eigenvalue weighted by molar-refractivity contribution is -0.139. The Morgan fingerprint density at radius 3 is 2.31 bits per heavy atom. The molecule has 0 amide bonds. The molecule has 1 aromatic carbocycles. The molecule has 1 aromatic rings. The van der Waals surface area contributed by atoms with E-state index in [0.717, 1.165) is 0 Å². The molecule has 0 saturated carbocycles. The standard InChI is InChI=1S/C18H22BNO6/c1-5-26-18(22)15-11(3)20-10(2)14(17(21)25-4)16(15)12-7-6-8-13(9-12)19(23)24/h6-9,16,20,23-24H,5H2,1-4H3. The molecule has 0 saturated heterocycles. The molecule has 1 aliphatic rings. The predicted octanol–water partition coefficient (Wildman–Crippen LogP) is 0.337. The molecule has 0 bridgehead atoms. The molecule has 7 nitrogen and oxygen atoms in total. The van der Waals surface area contributed by atoms with Crippen molar-refractivity contribution in [2.45, 2.75) is 26.7 Å². The molecule has 1 unspecified atom stereocenters. The molecule has 0 radical (unpaired) electrons. The summed E-state index contributed by atoms with van der Waals surface area (Å²) in [6, 6.07) is 6.44. The predicted molar refractivity (Wildman–Crippen MR) is 96.2 cm³/mol. The summed E-state index contributed by atoms with van der Waals surface area (Å²) in [5.74, 6) is -1.88. The highest BCUT2D eigenvalue weighted by Crippen LogP contribution is 2.38. The lowest BCUT2D eigenvalue weighted by Gasteiger charge is -2.30. The first-order valence-corrected chi connectivity index (χ1v) is 8.21. The average molecular weight is 359 g/mol. The minimum Gasteiger partial charge on any atom is -0.466 e. The lowest BCUT2D eigenvalue weighted by atomic mass is 9.75. The van der Waals surface area contributed by atoms with E-state index in [0.29, 0.717) is 17.0 Å². The van der Waals surface area contributed by atoms with Crippen molar-refractivity contribution in [1.29, 1.82) is 0 Å². The average Bonchev–Trinajstić information content (AvgIpc) is 2.60. The van der Waals surface area contributed by atoms with Crippen LogP contribution in [0.2, 0.25) is 0 Å². The summed E-state index contributed by atoms with van der Waals surface area (Å²) in [6.07, 6.45) is 0. The van der Waals surface area contributed by atoms with Crippen LogP contribution in [-0.4, -0.2) is 42.8 Å². The second kappa shape index (κ2) is 8.20. The number of allylic oxidation sites excluding steroid dienone is 2. The smallest absolute Gasteiger partial charge is 0.466 e. The number of nitrogens with one attached hydrogen (secondary N) is 1. The van der Waals surface area contributed by atoms with E-state index in [1.807, 2.05) is 0 Å². The van der Waals surface area contributed by atoms with E-state index in [-0.39, 0.29) is 23.2 Å². The molecule has 1 aliphatic heterocycles. The van der Waals surface area contributed by atoms with Gasteiger partial charge in [0, 0.05) is 11.4 Å². The van der Waals surface area contributed by atoms with Gasteiger partial charge in [-0.15, -0.1) is 0 Å². The minimum absolute atomic E-state index is 0.188. The first-order valence-electron chi connectivity index (χ1n) is 8.21. The Morgan fingerprint density at radius 1 is 1.15 bits per heavy atom. The zero-order valence-corrected chi connectivity index (χ0v) is 15.2. The maximum atomic E-state index is 12.6. The van der Waals surface area contributed by atoms with Crippen molar-refractivity contribution < 1.29 is 29.1 Å². The van der Waals surface area contributed by atoms with Crippen molar-refractivity contribution in [3.8, 4) is 0 Å². The van der Waals surface area contributed by atoms with Crippen molar-refractivity contribution in [3.63, 3.8) is 0 Å². The van der Waals surface area contributed by atoms with Crippen molar-refractivity contribution in [1.82, 2.24) is 5.32 Å². The number of carbonyl (C=O) groups is 2. The van der Waals surface area contributed by atoms with Crippen LogP contribution in [0.1, 0.15) is 32.3 Å². The second-order valence-corrected chi connectivity index (χ2v) is 5.89. The molecular formula is C18H22BNO6. The number of ether oxygens (including phenoxy) is 2. The summed E-state index contributed by atoms with van der Waals surface area (Å²) < 4.78 is 10.1. The summed E-state index contributed by atoms with van der Waals surface area (Å²) in [5, 5.41) is 22.0. The number of hydrogen-bond donors (Lipinski definition) is 3. The molecular weight excluding hydrogens is 337 g/mol. The number of methoxy groups -OCH3 is 1. The monoisotopic (exact) mass is 359 g/mol. The SMILES string of the molecule is CCOC(=O)C1=C(C)NC(C)=C(C(=O)OC)C1c1cccc(B(O)O)c1. The Kier molecular flexibility index (Phi) is 6.23. The summed E-state index contributed by atoms with van der Waals surface area (Å²) >= 11 is 0. The van der Waals surface area contributed by atoms with Crippen molar-refractivity contribution in [3.05, 3.63) is 52.4 Å². The van der Waals surface area contributed by atoms with Crippen molar-refractivity contribution in [2.75, 3.05) is 13.7 Å². The van der Waals surface area contributed by atoms with Crippen LogP contribution >= 0.6 is 0 Å². The number of esters is 2. The van der Waals surface area contributed by atoms with Crippen LogP contribution in [-0.2, 0) is 19.1 Å². The third-order valence-electron chi connectivity index (χ3n) is 4.20. The topological polar surface area (TPSA) is 105 Å². The highest BCUT2D eigenvalue weighted by atomic mass is 16.5. The third-order valence-corrected chi connectivity index (χ3v) is 4.20. The fourth-order valence-electron chi connectivity index (χ4n) is 3.09. The van der Waals surface area contributed by atoms with Crippen LogP contribution in [0.4, 0.5) is 0 Å².